The molecule has 1 heterocycles. The van der Waals surface area contributed by atoms with Gasteiger partial charge in [0.25, 0.3) is 0 Å². The van der Waals surface area contributed by atoms with Crippen LogP contribution >= 0.6 is 0 Å². The van der Waals surface area contributed by atoms with E-state index in [1.54, 1.807) is 57.6 Å². The molecule has 4 rings (SSSR count). The van der Waals surface area contributed by atoms with Crippen LogP contribution in [0.3, 0.4) is 0 Å². The minimum atomic E-state index is -0.931. The Morgan fingerprint density at radius 3 is 2.07 bits per heavy atom. The molecule has 2 aromatic carbocycles. The molecular weight excluding hydrogens is 362 g/mol. The summed E-state index contributed by atoms with van der Waals surface area (Å²) in [7, 11) is 7.86. The van der Waals surface area contributed by atoms with E-state index in [4.69, 9.17) is 18.9 Å². The maximum atomic E-state index is 13.4. The van der Waals surface area contributed by atoms with Crippen LogP contribution in [0.1, 0.15) is 10.4 Å². The summed E-state index contributed by atoms with van der Waals surface area (Å²) in [6.07, 6.45) is 0.752. The molecule has 2 aromatic rings. The minimum Gasteiger partial charge on any atom is -0.493 e. The fraction of sp³-hybridized carbons (Fsp3) is 0.286. The average molecular weight is 383 g/mol. The van der Waals surface area contributed by atoms with Gasteiger partial charge in [-0.1, -0.05) is 0 Å². The number of benzene rings is 2. The Balaban J connectivity index is 2.24. The summed E-state index contributed by atoms with van der Waals surface area (Å²) in [5.74, 6) is 1.78. The van der Waals surface area contributed by atoms with Gasteiger partial charge in [0.05, 0.1) is 34.1 Å². The Bertz CT molecular complexity index is 1120. The normalized spacial score (nSPS) is 16.8. The van der Waals surface area contributed by atoms with Gasteiger partial charge < -0.3 is 29.0 Å². The van der Waals surface area contributed by atoms with Crippen molar-refractivity contribution in [1.29, 1.82) is 0 Å². The van der Waals surface area contributed by atoms with E-state index in [1.165, 1.54) is 7.11 Å². The third kappa shape index (κ3) is 2.29. The third-order valence-corrected chi connectivity index (χ3v) is 5.27. The quantitative estimate of drug-likeness (QED) is 0.834. The second kappa shape index (κ2) is 6.45. The van der Waals surface area contributed by atoms with Crippen LogP contribution in [0.25, 0.3) is 22.9 Å². The van der Waals surface area contributed by atoms with E-state index >= 15 is 0 Å². The van der Waals surface area contributed by atoms with Gasteiger partial charge in [0, 0.05) is 29.0 Å². The molecule has 2 aliphatic rings. The van der Waals surface area contributed by atoms with Gasteiger partial charge in [-0.3, -0.25) is 4.79 Å². The summed E-state index contributed by atoms with van der Waals surface area (Å²) < 4.78 is 22.0. The first-order valence-corrected chi connectivity index (χ1v) is 8.69. The molecule has 7 nitrogen and oxygen atoms in total. The molecule has 1 aliphatic carbocycles. The van der Waals surface area contributed by atoms with Crippen molar-refractivity contribution < 1.29 is 28.8 Å². The Labute approximate surface area is 162 Å². The van der Waals surface area contributed by atoms with E-state index in [2.05, 4.69) is 0 Å². The van der Waals surface area contributed by atoms with E-state index < -0.39 is 6.23 Å². The minimum absolute atomic E-state index is 0.202. The number of hydrogen-bond acceptors (Lipinski definition) is 7. The van der Waals surface area contributed by atoms with Crippen LogP contribution in [-0.4, -0.2) is 57.5 Å². The van der Waals surface area contributed by atoms with Crippen molar-refractivity contribution in [3.8, 4) is 34.1 Å². The highest BCUT2D eigenvalue weighted by Crippen LogP contribution is 2.44. The number of ketones is 1. The van der Waals surface area contributed by atoms with Crippen molar-refractivity contribution in [1.82, 2.24) is 4.90 Å². The molecule has 7 heteroatoms. The summed E-state index contributed by atoms with van der Waals surface area (Å²) in [6, 6.07) is 5.20. The molecule has 0 radical (unpaired) electrons. The van der Waals surface area contributed by atoms with Crippen molar-refractivity contribution in [2.75, 3.05) is 35.5 Å². The lowest BCUT2D eigenvalue weighted by molar-refractivity contribution is 0.0920. The summed E-state index contributed by atoms with van der Waals surface area (Å²) in [6.45, 7) is 0. The zero-order chi connectivity index (χ0) is 20.2. The maximum Gasteiger partial charge on any atom is 0.210 e. The van der Waals surface area contributed by atoms with E-state index in [0.717, 1.165) is 5.56 Å². The van der Waals surface area contributed by atoms with Gasteiger partial charge in [0.2, 0.25) is 5.78 Å². The summed E-state index contributed by atoms with van der Waals surface area (Å²) >= 11 is 0. The fourth-order valence-electron chi connectivity index (χ4n) is 3.91. The topological polar surface area (TPSA) is 77.5 Å². The summed E-state index contributed by atoms with van der Waals surface area (Å²) in [5.41, 5.74) is 2.23. The first-order valence-electron chi connectivity index (χ1n) is 8.69. The molecule has 0 spiro atoms. The lowest BCUT2D eigenvalue weighted by Gasteiger charge is -2.33. The van der Waals surface area contributed by atoms with Crippen molar-refractivity contribution in [2.45, 2.75) is 6.23 Å². The predicted molar refractivity (Wildman–Crippen MR) is 103 cm³/mol. The van der Waals surface area contributed by atoms with Crippen molar-refractivity contribution >= 4 is 17.6 Å². The highest BCUT2D eigenvalue weighted by atomic mass is 16.5. The van der Waals surface area contributed by atoms with Crippen molar-refractivity contribution in [2.24, 2.45) is 0 Å². The number of ether oxygens (including phenoxy) is 4. The predicted octanol–water partition coefficient (Wildman–Crippen LogP) is 0.737. The number of Topliss-reactive ketones (excluding diaryl/α,β-unsaturated/α-hetero) is 1. The zero-order valence-electron chi connectivity index (χ0n) is 16.3. The van der Waals surface area contributed by atoms with Gasteiger partial charge in [0.15, 0.2) is 23.0 Å². The van der Waals surface area contributed by atoms with Crippen LogP contribution in [0.5, 0.6) is 23.0 Å². The second-order valence-corrected chi connectivity index (χ2v) is 6.57. The largest absolute Gasteiger partial charge is 0.493 e. The van der Waals surface area contributed by atoms with E-state index in [9.17, 15) is 9.90 Å². The van der Waals surface area contributed by atoms with Crippen molar-refractivity contribution in [3.05, 3.63) is 34.2 Å². The standard InChI is InChI=1S/C21H21NO6/c1-22-16(23)7-10-6-15(27-4)21(28-5)18-11-8-13(25-2)14(26-3)9-12(11)20(24)19(22)17(10)18/h6-9,16,23H,1-5H3. The molecule has 0 saturated heterocycles. The highest BCUT2D eigenvalue weighted by molar-refractivity contribution is 6.29. The molecule has 0 amide bonds. The number of rotatable bonds is 4. The van der Waals surface area contributed by atoms with Crippen LogP contribution in [-0.2, 0) is 0 Å². The van der Waals surface area contributed by atoms with Gasteiger partial charge >= 0.3 is 0 Å². The number of hydrogen-bond donors (Lipinski definition) is 1. The molecule has 1 aliphatic heterocycles. The molecule has 1 unspecified atom stereocenters. The van der Waals surface area contributed by atoms with Crippen LogP contribution in [0.2, 0.25) is 0 Å². The smallest absolute Gasteiger partial charge is 0.210 e. The molecule has 0 fully saturated rings. The van der Waals surface area contributed by atoms with Gasteiger partial charge in [-0.15, -0.1) is 0 Å². The van der Waals surface area contributed by atoms with Crippen molar-refractivity contribution in [3.63, 3.8) is 0 Å². The molecule has 0 saturated carbocycles. The Morgan fingerprint density at radius 2 is 1.50 bits per heavy atom. The monoisotopic (exact) mass is 383 g/mol. The molecule has 0 aromatic heterocycles. The number of aliphatic hydroxyl groups excluding tert-OH is 1. The SMILES string of the molecule is COc1cc2c(cc1OC)-c1c(OC)c(OC)cc3c1=C(C2=O)N(C)C(O)C=3. The fourth-order valence-corrected chi connectivity index (χ4v) is 3.91. The number of fused-ring (bicyclic) bond motifs is 2. The van der Waals surface area contributed by atoms with Crippen LogP contribution in [0.15, 0.2) is 18.2 Å². The summed E-state index contributed by atoms with van der Waals surface area (Å²) in [5, 5.41) is 11.9. The molecule has 28 heavy (non-hydrogen) atoms. The van der Waals surface area contributed by atoms with Gasteiger partial charge in [-0.05, 0) is 29.5 Å². The third-order valence-electron chi connectivity index (χ3n) is 5.27. The molecule has 0 bridgehead atoms. The lowest BCUT2D eigenvalue weighted by atomic mass is 9.84. The summed E-state index contributed by atoms with van der Waals surface area (Å²) in [4.78, 5) is 15.0. The Morgan fingerprint density at radius 1 is 0.893 bits per heavy atom. The molecule has 1 N–H and O–H groups in total. The highest BCUT2D eigenvalue weighted by Gasteiger charge is 2.35. The van der Waals surface area contributed by atoms with Gasteiger partial charge in [-0.2, -0.15) is 0 Å². The number of methoxy groups -OCH3 is 4. The van der Waals surface area contributed by atoms with Gasteiger partial charge in [0.1, 0.15) is 6.23 Å². The first-order chi connectivity index (χ1) is 13.5. The first kappa shape index (κ1) is 18.2. The van der Waals surface area contributed by atoms with Crippen LogP contribution in [0.4, 0.5) is 0 Å². The van der Waals surface area contributed by atoms with E-state index in [-0.39, 0.29) is 5.78 Å². The Kier molecular flexibility index (Phi) is 4.19. The molecule has 146 valence electrons. The van der Waals surface area contributed by atoms with Crippen LogP contribution in [0, 0.1) is 0 Å². The maximum absolute atomic E-state index is 13.4. The van der Waals surface area contributed by atoms with E-state index in [0.29, 0.717) is 50.3 Å². The van der Waals surface area contributed by atoms with E-state index in [1.807, 2.05) is 0 Å². The number of carbonyl (C=O) groups excluding carboxylic acids is 1. The Hall–Kier alpha value is -3.19. The average Bonchev–Trinajstić information content (AvgIpc) is 2.71. The number of likely N-dealkylation sites (N-methyl/N-ethyl adjacent to an activating group) is 1. The second-order valence-electron chi connectivity index (χ2n) is 6.57. The number of carbonyl (C=O) groups is 1. The zero-order valence-corrected chi connectivity index (χ0v) is 16.3. The van der Waals surface area contributed by atoms with Crippen LogP contribution < -0.4 is 29.4 Å². The lowest BCUT2D eigenvalue weighted by Crippen LogP contribution is -2.48. The van der Waals surface area contributed by atoms with Gasteiger partial charge in [-0.25, -0.2) is 0 Å². The molecular formula is C21H21NO6. The number of nitrogens with zero attached hydrogens (tertiary/aromatic N) is 1. The molecule has 1 atom stereocenters. The number of aliphatic hydroxyl groups is 1.